The van der Waals surface area contributed by atoms with Crippen LogP contribution < -0.4 is 9.64 Å². The SMILES string of the molecule is O=C(O)c1cc2c(cn1)CN(c1cc(F)c(F)c(OC(F)F)c1)CC2. The molecule has 0 unspecified atom stereocenters. The number of rotatable bonds is 4. The van der Waals surface area contributed by atoms with E-state index >= 15 is 0 Å². The van der Waals surface area contributed by atoms with Crippen molar-refractivity contribution in [3.8, 4) is 5.75 Å². The second-order valence-electron chi connectivity index (χ2n) is 5.43. The first-order valence-electron chi connectivity index (χ1n) is 7.25. The van der Waals surface area contributed by atoms with E-state index in [2.05, 4.69) is 9.72 Å². The van der Waals surface area contributed by atoms with E-state index < -0.39 is 30.0 Å². The summed E-state index contributed by atoms with van der Waals surface area (Å²) in [6, 6.07) is 3.37. The second-order valence-corrected chi connectivity index (χ2v) is 5.43. The molecule has 0 fully saturated rings. The molecule has 5 nitrogen and oxygen atoms in total. The van der Waals surface area contributed by atoms with E-state index in [4.69, 9.17) is 5.11 Å². The number of carboxylic acid groups (broad SMARTS) is 1. The summed E-state index contributed by atoms with van der Waals surface area (Å²) < 4.78 is 55.9. The monoisotopic (exact) mass is 356 g/mol. The van der Waals surface area contributed by atoms with Crippen LogP contribution in [-0.4, -0.2) is 29.2 Å². The Balaban J connectivity index is 1.89. The average Bonchev–Trinajstić information content (AvgIpc) is 2.57. The van der Waals surface area contributed by atoms with Gasteiger partial charge in [-0.25, -0.2) is 14.2 Å². The highest BCUT2D eigenvalue weighted by Crippen LogP contribution is 2.31. The van der Waals surface area contributed by atoms with Crippen molar-refractivity contribution >= 4 is 11.7 Å². The third kappa shape index (κ3) is 3.49. The Kier molecular flexibility index (Phi) is 4.47. The first-order valence-corrected chi connectivity index (χ1v) is 7.25. The van der Waals surface area contributed by atoms with Gasteiger partial charge in [-0.1, -0.05) is 0 Å². The molecule has 1 N–H and O–H groups in total. The summed E-state index contributed by atoms with van der Waals surface area (Å²) in [5.41, 5.74) is 1.61. The van der Waals surface area contributed by atoms with Gasteiger partial charge in [-0.05, 0) is 23.6 Å². The lowest BCUT2D eigenvalue weighted by Crippen LogP contribution is -2.31. The van der Waals surface area contributed by atoms with Gasteiger partial charge in [0.15, 0.2) is 11.6 Å². The van der Waals surface area contributed by atoms with Gasteiger partial charge in [0.25, 0.3) is 0 Å². The van der Waals surface area contributed by atoms with Gasteiger partial charge < -0.3 is 14.7 Å². The molecule has 2 heterocycles. The van der Waals surface area contributed by atoms with E-state index in [1.165, 1.54) is 12.3 Å². The first kappa shape index (κ1) is 17.0. The molecular weight excluding hydrogens is 344 g/mol. The van der Waals surface area contributed by atoms with Crippen LogP contribution in [0.3, 0.4) is 0 Å². The summed E-state index contributed by atoms with van der Waals surface area (Å²) in [5.74, 6) is -4.78. The Labute approximate surface area is 139 Å². The Morgan fingerprint density at radius 1 is 1.24 bits per heavy atom. The Hall–Kier alpha value is -2.84. The smallest absolute Gasteiger partial charge is 0.387 e. The number of hydrogen-bond acceptors (Lipinski definition) is 4. The van der Waals surface area contributed by atoms with Crippen LogP contribution in [0, 0.1) is 11.6 Å². The van der Waals surface area contributed by atoms with E-state index in [1.807, 2.05) is 0 Å². The molecule has 9 heteroatoms. The fraction of sp³-hybridized carbons (Fsp3) is 0.250. The summed E-state index contributed by atoms with van der Waals surface area (Å²) in [6.45, 7) is -2.65. The molecule has 0 bridgehead atoms. The number of nitrogens with zero attached hydrogens (tertiary/aromatic N) is 2. The molecule has 0 saturated heterocycles. The number of anilines is 1. The normalized spacial score (nSPS) is 13.7. The summed E-state index contributed by atoms with van der Waals surface area (Å²) in [5, 5.41) is 8.95. The van der Waals surface area contributed by atoms with E-state index in [9.17, 15) is 22.4 Å². The van der Waals surface area contributed by atoms with E-state index in [0.717, 1.165) is 23.3 Å². The number of aromatic nitrogens is 1. The highest BCUT2D eigenvalue weighted by Gasteiger charge is 2.22. The molecule has 0 aliphatic carbocycles. The van der Waals surface area contributed by atoms with Gasteiger partial charge in [0.05, 0.1) is 0 Å². The lowest BCUT2D eigenvalue weighted by Gasteiger charge is -2.31. The van der Waals surface area contributed by atoms with Gasteiger partial charge >= 0.3 is 12.6 Å². The predicted octanol–water partition coefficient (Wildman–Crippen LogP) is 3.22. The quantitative estimate of drug-likeness (QED) is 0.853. The van der Waals surface area contributed by atoms with Gasteiger partial charge in [0.2, 0.25) is 5.82 Å². The van der Waals surface area contributed by atoms with Crippen molar-refractivity contribution in [1.29, 1.82) is 0 Å². The molecule has 3 rings (SSSR count). The molecule has 25 heavy (non-hydrogen) atoms. The third-order valence-electron chi connectivity index (χ3n) is 3.88. The topological polar surface area (TPSA) is 62.7 Å². The molecular formula is C16H12F4N2O3. The van der Waals surface area contributed by atoms with Gasteiger partial charge in [-0.2, -0.15) is 13.2 Å². The zero-order valence-corrected chi connectivity index (χ0v) is 12.7. The van der Waals surface area contributed by atoms with Crippen LogP contribution in [0.5, 0.6) is 5.75 Å². The Bertz CT molecular complexity index is 829. The lowest BCUT2D eigenvalue weighted by atomic mass is 10.0. The van der Waals surface area contributed by atoms with Crippen LogP contribution in [0.15, 0.2) is 24.4 Å². The van der Waals surface area contributed by atoms with Crippen molar-refractivity contribution in [3.05, 3.63) is 52.9 Å². The number of hydrogen-bond donors (Lipinski definition) is 1. The highest BCUT2D eigenvalue weighted by atomic mass is 19.3. The van der Waals surface area contributed by atoms with Crippen molar-refractivity contribution in [1.82, 2.24) is 4.98 Å². The minimum atomic E-state index is -3.27. The summed E-state index contributed by atoms with van der Waals surface area (Å²) in [6.07, 6.45) is 1.85. The summed E-state index contributed by atoms with van der Waals surface area (Å²) in [7, 11) is 0. The van der Waals surface area contributed by atoms with Gasteiger partial charge in [-0.3, -0.25) is 0 Å². The standard InChI is InChI=1S/C16H12F4N2O3/c17-11-4-10(5-13(14(11)18)25-16(19)20)22-2-1-8-3-12(15(23)24)21-6-9(8)7-22/h3-6,16H,1-2,7H2,(H,23,24). The zero-order valence-electron chi connectivity index (χ0n) is 12.7. The predicted molar refractivity (Wildman–Crippen MR) is 78.9 cm³/mol. The number of aromatic carboxylic acids is 1. The van der Waals surface area contributed by atoms with Crippen molar-refractivity contribution in [2.45, 2.75) is 19.6 Å². The van der Waals surface area contributed by atoms with Crippen LogP contribution in [0.2, 0.25) is 0 Å². The van der Waals surface area contributed by atoms with Gasteiger partial charge in [-0.15, -0.1) is 0 Å². The largest absolute Gasteiger partial charge is 0.477 e. The molecule has 1 aromatic heterocycles. The van der Waals surface area contributed by atoms with Gasteiger partial charge in [0, 0.05) is 37.1 Å². The van der Waals surface area contributed by atoms with E-state index in [0.29, 0.717) is 13.0 Å². The molecule has 1 aliphatic rings. The van der Waals surface area contributed by atoms with Crippen molar-refractivity contribution in [2.24, 2.45) is 0 Å². The van der Waals surface area contributed by atoms with Crippen molar-refractivity contribution in [3.63, 3.8) is 0 Å². The average molecular weight is 356 g/mol. The molecule has 0 atom stereocenters. The molecule has 0 radical (unpaired) electrons. The van der Waals surface area contributed by atoms with Crippen LogP contribution in [0.25, 0.3) is 0 Å². The van der Waals surface area contributed by atoms with Crippen molar-refractivity contribution < 1.29 is 32.2 Å². The van der Waals surface area contributed by atoms with Gasteiger partial charge in [0.1, 0.15) is 5.69 Å². The fourth-order valence-corrected chi connectivity index (χ4v) is 2.69. The Morgan fingerprint density at radius 3 is 2.68 bits per heavy atom. The molecule has 1 aliphatic heterocycles. The molecule has 132 valence electrons. The number of ether oxygens (including phenoxy) is 1. The maximum Gasteiger partial charge on any atom is 0.387 e. The van der Waals surface area contributed by atoms with Crippen molar-refractivity contribution in [2.75, 3.05) is 11.4 Å². The number of carbonyl (C=O) groups is 1. The molecule has 1 aromatic carbocycles. The molecule has 0 spiro atoms. The first-order chi connectivity index (χ1) is 11.8. The highest BCUT2D eigenvalue weighted by molar-refractivity contribution is 5.85. The summed E-state index contributed by atoms with van der Waals surface area (Å²) >= 11 is 0. The fourth-order valence-electron chi connectivity index (χ4n) is 2.69. The van der Waals surface area contributed by atoms with E-state index in [-0.39, 0.29) is 17.9 Å². The Morgan fingerprint density at radius 2 is 2.00 bits per heavy atom. The number of carboxylic acids is 1. The second kappa shape index (κ2) is 6.58. The number of halogens is 4. The number of pyridine rings is 1. The summed E-state index contributed by atoms with van der Waals surface area (Å²) in [4.78, 5) is 16.4. The van der Waals surface area contributed by atoms with Crippen LogP contribution in [0.4, 0.5) is 23.2 Å². The molecule has 0 saturated carbocycles. The van der Waals surface area contributed by atoms with Crippen LogP contribution >= 0.6 is 0 Å². The number of fused-ring (bicyclic) bond motifs is 1. The minimum Gasteiger partial charge on any atom is -0.477 e. The van der Waals surface area contributed by atoms with E-state index in [1.54, 1.807) is 4.90 Å². The zero-order chi connectivity index (χ0) is 18.1. The maximum atomic E-state index is 13.7. The molecule has 2 aromatic rings. The molecule has 0 amide bonds. The van der Waals surface area contributed by atoms with Crippen LogP contribution in [0.1, 0.15) is 21.6 Å². The van der Waals surface area contributed by atoms with Crippen LogP contribution in [-0.2, 0) is 13.0 Å². The number of alkyl halides is 2. The maximum absolute atomic E-state index is 13.7. The third-order valence-corrected chi connectivity index (χ3v) is 3.88. The number of benzene rings is 1. The minimum absolute atomic E-state index is 0.0763. The lowest BCUT2D eigenvalue weighted by molar-refractivity contribution is -0.0524.